The van der Waals surface area contributed by atoms with Crippen molar-refractivity contribution in [2.24, 2.45) is 0 Å². The number of hydrogen-bond acceptors (Lipinski definition) is 3. The van der Waals surface area contributed by atoms with Crippen LogP contribution in [0.3, 0.4) is 0 Å². The molecule has 4 nitrogen and oxygen atoms in total. The van der Waals surface area contributed by atoms with E-state index in [1.807, 2.05) is 44.2 Å². The molecule has 2 aromatic carbocycles. The van der Waals surface area contributed by atoms with Crippen LogP contribution in [0.5, 0.6) is 5.75 Å². The van der Waals surface area contributed by atoms with Gasteiger partial charge in [-0.15, -0.1) is 12.6 Å². The van der Waals surface area contributed by atoms with Crippen molar-refractivity contribution >= 4 is 36.1 Å². The highest BCUT2D eigenvalue weighted by atomic mass is 32.1. The van der Waals surface area contributed by atoms with E-state index in [9.17, 15) is 14.3 Å². The molecule has 22 heavy (non-hydrogen) atoms. The van der Waals surface area contributed by atoms with Crippen molar-refractivity contribution in [1.82, 2.24) is 0 Å². The lowest BCUT2D eigenvalue weighted by molar-refractivity contribution is -0.111. The third kappa shape index (κ3) is 4.13. The monoisotopic (exact) mass is 338 g/mol. The molecule has 0 fully saturated rings. The molecule has 2 rings (SSSR count). The van der Waals surface area contributed by atoms with Gasteiger partial charge in [0.05, 0.1) is 0 Å². The maximum atomic E-state index is 11.7. The van der Waals surface area contributed by atoms with Gasteiger partial charge in [-0.2, -0.15) is 0 Å². The summed E-state index contributed by atoms with van der Waals surface area (Å²) in [5, 5.41) is 1.64. The second-order valence-corrected chi connectivity index (χ2v) is 8.33. The summed E-state index contributed by atoms with van der Waals surface area (Å²) in [4.78, 5) is 21.0. The van der Waals surface area contributed by atoms with Crippen molar-refractivity contribution in [1.29, 1.82) is 0 Å². The molecule has 0 saturated carbocycles. The third-order valence-electron chi connectivity index (χ3n) is 3.44. The number of carbonyl (C=O) groups excluding carboxylic acids is 1. The van der Waals surface area contributed by atoms with Crippen LogP contribution in [-0.4, -0.2) is 16.7 Å². The highest BCUT2D eigenvalue weighted by Gasteiger charge is 2.29. The van der Waals surface area contributed by atoms with E-state index in [1.54, 1.807) is 6.07 Å². The first-order chi connectivity index (χ1) is 10.1. The van der Waals surface area contributed by atoms with Crippen LogP contribution in [0.25, 0.3) is 10.8 Å². The Hall–Kier alpha value is -1.29. The largest absolute Gasteiger partial charge is 0.424 e. The second-order valence-electron chi connectivity index (χ2n) is 6.04. The van der Waals surface area contributed by atoms with Crippen LogP contribution in [0, 0.1) is 0 Å². The van der Waals surface area contributed by atoms with Gasteiger partial charge in [-0.3, -0.25) is 4.79 Å². The predicted octanol–water partition coefficient (Wildman–Crippen LogP) is 4.16. The maximum Gasteiger partial charge on any atom is 0.373 e. The van der Waals surface area contributed by atoms with Gasteiger partial charge in [-0.25, -0.2) is 4.57 Å². The Balaban J connectivity index is 2.65. The number of benzene rings is 2. The molecule has 0 aliphatic heterocycles. The average molecular weight is 338 g/mol. The SMILES string of the molecule is CC(C)(CC(=O)S)c1cc2ccccc2cc1OP(C)(=O)O. The molecule has 0 amide bonds. The molecule has 1 unspecified atom stereocenters. The zero-order valence-electron chi connectivity index (χ0n) is 12.7. The van der Waals surface area contributed by atoms with Crippen LogP contribution in [-0.2, 0) is 14.8 Å². The van der Waals surface area contributed by atoms with Gasteiger partial charge in [0, 0.05) is 24.1 Å². The van der Waals surface area contributed by atoms with Gasteiger partial charge in [0.15, 0.2) is 5.12 Å². The molecule has 118 valence electrons. The highest BCUT2D eigenvalue weighted by molar-refractivity contribution is 7.96. The first-order valence-corrected chi connectivity index (χ1v) is 9.31. The fraction of sp³-hybridized carbons (Fsp3) is 0.312. The summed E-state index contributed by atoms with van der Waals surface area (Å²) in [6.45, 7) is 4.91. The molecule has 1 atom stereocenters. The Morgan fingerprint density at radius 2 is 1.82 bits per heavy atom. The van der Waals surface area contributed by atoms with Crippen molar-refractivity contribution < 1.29 is 18.8 Å². The molecule has 0 spiro atoms. The number of thiol groups is 1. The Bertz CT molecular complexity index is 764. The van der Waals surface area contributed by atoms with E-state index in [2.05, 4.69) is 12.6 Å². The van der Waals surface area contributed by atoms with E-state index in [0.29, 0.717) is 11.3 Å². The van der Waals surface area contributed by atoms with Crippen LogP contribution >= 0.6 is 20.2 Å². The Kier molecular flexibility index (Phi) is 4.71. The van der Waals surface area contributed by atoms with Crippen LogP contribution in [0.4, 0.5) is 0 Å². The van der Waals surface area contributed by atoms with Crippen molar-refractivity contribution in [2.45, 2.75) is 25.7 Å². The number of rotatable bonds is 5. The Morgan fingerprint density at radius 1 is 1.27 bits per heavy atom. The zero-order valence-corrected chi connectivity index (χ0v) is 14.5. The topological polar surface area (TPSA) is 63.6 Å². The van der Waals surface area contributed by atoms with Crippen molar-refractivity contribution in [3.05, 3.63) is 42.0 Å². The van der Waals surface area contributed by atoms with Gasteiger partial charge in [-0.05, 0) is 22.9 Å². The van der Waals surface area contributed by atoms with Gasteiger partial charge in [0.1, 0.15) is 5.75 Å². The van der Waals surface area contributed by atoms with Gasteiger partial charge in [0.2, 0.25) is 0 Å². The van der Waals surface area contributed by atoms with Crippen LogP contribution in [0.15, 0.2) is 36.4 Å². The molecule has 0 bridgehead atoms. The minimum absolute atomic E-state index is 0.199. The van der Waals surface area contributed by atoms with Gasteiger partial charge >= 0.3 is 7.60 Å². The minimum Gasteiger partial charge on any atom is -0.424 e. The smallest absolute Gasteiger partial charge is 0.373 e. The molecule has 6 heteroatoms. The summed E-state index contributed by atoms with van der Waals surface area (Å²) in [7, 11) is -3.70. The van der Waals surface area contributed by atoms with E-state index in [-0.39, 0.29) is 11.5 Å². The molecule has 0 aliphatic rings. The number of carbonyl (C=O) groups is 1. The number of fused-ring (bicyclic) bond motifs is 1. The molecule has 0 heterocycles. The molecular weight excluding hydrogens is 319 g/mol. The second kappa shape index (κ2) is 6.07. The van der Waals surface area contributed by atoms with Crippen LogP contribution in [0.1, 0.15) is 25.8 Å². The standard InChI is InChI=1S/C16H19O4PS/c1-16(2,10-15(17)22)13-8-11-6-4-5-7-12(11)9-14(13)20-21(3,18)19/h4-9H,10H2,1-3H3,(H,17,22)(H,18,19). The minimum atomic E-state index is -3.70. The summed E-state index contributed by atoms with van der Waals surface area (Å²) >= 11 is 3.85. The summed E-state index contributed by atoms with van der Waals surface area (Å²) in [5.74, 6) is 0.326. The molecule has 0 saturated heterocycles. The third-order valence-corrected chi connectivity index (χ3v) is 4.13. The number of hydrogen-bond donors (Lipinski definition) is 2. The van der Waals surface area contributed by atoms with E-state index in [0.717, 1.165) is 17.4 Å². The molecule has 2 aromatic rings. The predicted molar refractivity (Wildman–Crippen MR) is 92.0 cm³/mol. The van der Waals surface area contributed by atoms with E-state index < -0.39 is 13.0 Å². The van der Waals surface area contributed by atoms with Crippen molar-refractivity contribution in [3.63, 3.8) is 0 Å². The molecule has 0 aromatic heterocycles. The van der Waals surface area contributed by atoms with Crippen molar-refractivity contribution in [2.75, 3.05) is 6.66 Å². The zero-order chi connectivity index (χ0) is 16.5. The normalized spacial score (nSPS) is 14.6. The molecular formula is C16H19O4PS. The van der Waals surface area contributed by atoms with E-state index in [4.69, 9.17) is 4.52 Å². The fourth-order valence-electron chi connectivity index (χ4n) is 2.48. The lowest BCUT2D eigenvalue weighted by Gasteiger charge is -2.27. The summed E-state index contributed by atoms with van der Waals surface area (Å²) in [6, 6.07) is 11.3. The van der Waals surface area contributed by atoms with Gasteiger partial charge < -0.3 is 9.42 Å². The molecule has 0 aliphatic carbocycles. The highest BCUT2D eigenvalue weighted by Crippen LogP contribution is 2.45. The van der Waals surface area contributed by atoms with Gasteiger partial charge in [-0.1, -0.05) is 38.1 Å². The fourth-order valence-corrected chi connectivity index (χ4v) is 3.39. The first kappa shape index (κ1) is 17.1. The van der Waals surface area contributed by atoms with Crippen molar-refractivity contribution in [3.8, 4) is 5.75 Å². The van der Waals surface area contributed by atoms with Crippen LogP contribution < -0.4 is 4.52 Å². The van der Waals surface area contributed by atoms with Gasteiger partial charge in [0.25, 0.3) is 0 Å². The quantitative estimate of drug-likeness (QED) is 0.635. The Morgan fingerprint density at radius 3 is 2.32 bits per heavy atom. The molecule has 1 N–H and O–H groups in total. The van der Waals surface area contributed by atoms with E-state index >= 15 is 0 Å². The Labute approximate surface area is 135 Å². The van der Waals surface area contributed by atoms with E-state index in [1.165, 1.54) is 0 Å². The lowest BCUT2D eigenvalue weighted by Crippen LogP contribution is -2.21. The first-order valence-electron chi connectivity index (χ1n) is 6.83. The molecule has 0 radical (unpaired) electrons. The summed E-state index contributed by atoms with van der Waals surface area (Å²) < 4.78 is 17.0. The van der Waals surface area contributed by atoms with Crippen LogP contribution in [0.2, 0.25) is 0 Å². The summed E-state index contributed by atoms with van der Waals surface area (Å²) in [5.41, 5.74) is 0.151. The average Bonchev–Trinajstić information content (AvgIpc) is 2.34. The maximum absolute atomic E-state index is 11.7. The summed E-state index contributed by atoms with van der Waals surface area (Å²) in [6.07, 6.45) is 0.199. The lowest BCUT2D eigenvalue weighted by atomic mass is 9.80.